The van der Waals surface area contributed by atoms with Crippen molar-refractivity contribution in [3.8, 4) is 5.69 Å². The second-order valence-corrected chi connectivity index (χ2v) is 5.67. The molecule has 0 unspecified atom stereocenters. The average molecular weight is 269 g/mol. The minimum Gasteiger partial charge on any atom is -0.295 e. The van der Waals surface area contributed by atoms with E-state index in [4.69, 9.17) is 0 Å². The summed E-state index contributed by atoms with van der Waals surface area (Å²) in [6, 6.07) is 6.99. The lowest BCUT2D eigenvalue weighted by molar-refractivity contribution is 0.607. The van der Waals surface area contributed by atoms with Crippen molar-refractivity contribution in [1.29, 1.82) is 0 Å². The van der Waals surface area contributed by atoms with Crippen LogP contribution in [0.5, 0.6) is 0 Å². The highest BCUT2D eigenvalue weighted by Crippen LogP contribution is 2.18. The Kier molecular flexibility index (Phi) is 3.12. The van der Waals surface area contributed by atoms with E-state index in [-0.39, 0.29) is 0 Å². The van der Waals surface area contributed by atoms with Crippen LogP contribution in [0.1, 0.15) is 0 Å². The SMILES string of the molecule is CS(=O)(=O)Nc1cccc(-n2ccnc2S)c1. The summed E-state index contributed by atoms with van der Waals surface area (Å²) < 4.78 is 26.4. The number of imidazole rings is 1. The van der Waals surface area contributed by atoms with Gasteiger partial charge in [-0.25, -0.2) is 13.4 Å². The summed E-state index contributed by atoms with van der Waals surface area (Å²) in [5.74, 6) is 0. The average Bonchev–Trinajstić information content (AvgIpc) is 2.62. The van der Waals surface area contributed by atoms with E-state index < -0.39 is 10.0 Å². The summed E-state index contributed by atoms with van der Waals surface area (Å²) in [7, 11) is -3.27. The van der Waals surface area contributed by atoms with Crippen molar-refractivity contribution in [1.82, 2.24) is 9.55 Å². The topological polar surface area (TPSA) is 64.0 Å². The molecule has 0 aliphatic carbocycles. The Bertz CT molecular complexity index is 635. The van der Waals surface area contributed by atoms with Gasteiger partial charge < -0.3 is 0 Å². The van der Waals surface area contributed by atoms with Gasteiger partial charge >= 0.3 is 0 Å². The first-order chi connectivity index (χ1) is 7.96. The Morgan fingerprint density at radius 1 is 1.41 bits per heavy atom. The predicted molar refractivity (Wildman–Crippen MR) is 69.3 cm³/mol. The van der Waals surface area contributed by atoms with E-state index in [0.717, 1.165) is 11.9 Å². The van der Waals surface area contributed by atoms with Crippen LogP contribution in [0.15, 0.2) is 41.8 Å². The second-order valence-electron chi connectivity index (χ2n) is 3.52. The molecule has 0 aliphatic heterocycles. The third-order valence-corrected chi connectivity index (χ3v) is 2.99. The molecule has 0 spiro atoms. The van der Waals surface area contributed by atoms with Crippen LogP contribution >= 0.6 is 12.6 Å². The third-order valence-electron chi connectivity index (χ3n) is 2.05. The predicted octanol–water partition coefficient (Wildman–Crippen LogP) is 1.53. The Balaban J connectivity index is 2.39. The van der Waals surface area contributed by atoms with E-state index in [1.807, 2.05) is 6.07 Å². The molecular formula is C10H11N3O2S2. The normalized spacial score (nSPS) is 11.4. The van der Waals surface area contributed by atoms with Gasteiger partial charge in [-0.3, -0.25) is 9.29 Å². The van der Waals surface area contributed by atoms with Gasteiger partial charge in [-0.05, 0) is 18.2 Å². The van der Waals surface area contributed by atoms with Crippen LogP contribution in [0.4, 0.5) is 5.69 Å². The maximum atomic E-state index is 11.1. The van der Waals surface area contributed by atoms with E-state index >= 15 is 0 Å². The number of benzene rings is 1. The Labute approximate surface area is 105 Å². The minimum atomic E-state index is -3.27. The number of anilines is 1. The molecule has 0 atom stereocenters. The zero-order chi connectivity index (χ0) is 12.5. The summed E-state index contributed by atoms with van der Waals surface area (Å²) in [5, 5.41) is 0.543. The molecule has 0 radical (unpaired) electrons. The van der Waals surface area contributed by atoms with Crippen LogP contribution < -0.4 is 4.72 Å². The molecule has 5 nitrogen and oxygen atoms in total. The number of thiol groups is 1. The lowest BCUT2D eigenvalue weighted by Crippen LogP contribution is -2.09. The number of rotatable bonds is 3. The van der Waals surface area contributed by atoms with E-state index in [1.165, 1.54) is 0 Å². The molecule has 0 bridgehead atoms. The van der Waals surface area contributed by atoms with Crippen molar-refractivity contribution in [3.05, 3.63) is 36.7 Å². The minimum absolute atomic E-state index is 0.506. The summed E-state index contributed by atoms with van der Waals surface area (Å²) in [5.41, 5.74) is 1.30. The number of nitrogens with one attached hydrogen (secondary N) is 1. The van der Waals surface area contributed by atoms with Gasteiger partial charge in [0, 0.05) is 18.1 Å². The fourth-order valence-corrected chi connectivity index (χ4v) is 2.23. The lowest BCUT2D eigenvalue weighted by atomic mass is 10.3. The highest BCUT2D eigenvalue weighted by Gasteiger charge is 2.05. The molecule has 0 fully saturated rings. The van der Waals surface area contributed by atoms with E-state index in [0.29, 0.717) is 10.8 Å². The summed E-state index contributed by atoms with van der Waals surface area (Å²) in [6.45, 7) is 0. The van der Waals surface area contributed by atoms with Crippen LogP contribution in [-0.2, 0) is 10.0 Å². The zero-order valence-corrected chi connectivity index (χ0v) is 10.7. The van der Waals surface area contributed by atoms with Gasteiger partial charge in [0.15, 0.2) is 5.16 Å². The summed E-state index contributed by atoms with van der Waals surface area (Å²) in [4.78, 5) is 3.99. The number of hydrogen-bond acceptors (Lipinski definition) is 4. The van der Waals surface area contributed by atoms with Crippen LogP contribution in [-0.4, -0.2) is 24.2 Å². The maximum absolute atomic E-state index is 11.1. The smallest absolute Gasteiger partial charge is 0.229 e. The zero-order valence-electron chi connectivity index (χ0n) is 9.03. The highest BCUT2D eigenvalue weighted by atomic mass is 32.2. The van der Waals surface area contributed by atoms with Crippen molar-refractivity contribution in [2.24, 2.45) is 0 Å². The lowest BCUT2D eigenvalue weighted by Gasteiger charge is -2.08. The second kappa shape index (κ2) is 4.42. The molecule has 90 valence electrons. The molecule has 0 saturated heterocycles. The quantitative estimate of drug-likeness (QED) is 0.831. The molecular weight excluding hydrogens is 258 g/mol. The summed E-state index contributed by atoms with van der Waals surface area (Å²) in [6.07, 6.45) is 4.49. The molecule has 7 heteroatoms. The van der Waals surface area contributed by atoms with Gasteiger partial charge in [0.2, 0.25) is 10.0 Å². The van der Waals surface area contributed by atoms with Crippen LogP contribution in [0, 0.1) is 0 Å². The van der Waals surface area contributed by atoms with Gasteiger partial charge in [-0.15, -0.1) is 12.6 Å². The molecule has 0 aliphatic rings. The Morgan fingerprint density at radius 3 is 2.76 bits per heavy atom. The highest BCUT2D eigenvalue weighted by molar-refractivity contribution is 7.92. The van der Waals surface area contributed by atoms with E-state index in [2.05, 4.69) is 22.3 Å². The van der Waals surface area contributed by atoms with Gasteiger partial charge in [0.05, 0.1) is 11.9 Å². The van der Waals surface area contributed by atoms with Crippen LogP contribution in [0.2, 0.25) is 0 Å². The first-order valence-electron chi connectivity index (χ1n) is 4.76. The first kappa shape index (κ1) is 12.0. The van der Waals surface area contributed by atoms with Gasteiger partial charge in [0.1, 0.15) is 0 Å². The van der Waals surface area contributed by atoms with Crippen molar-refractivity contribution < 1.29 is 8.42 Å². The summed E-state index contributed by atoms with van der Waals surface area (Å²) >= 11 is 4.19. The molecule has 0 saturated carbocycles. The molecule has 1 heterocycles. The molecule has 17 heavy (non-hydrogen) atoms. The van der Waals surface area contributed by atoms with Crippen molar-refractivity contribution >= 4 is 28.3 Å². The molecule has 2 aromatic rings. The van der Waals surface area contributed by atoms with Crippen molar-refractivity contribution in [2.75, 3.05) is 11.0 Å². The van der Waals surface area contributed by atoms with Crippen molar-refractivity contribution in [2.45, 2.75) is 5.16 Å². The first-order valence-corrected chi connectivity index (χ1v) is 7.10. The standard InChI is InChI=1S/C10H11N3O2S2/c1-17(14,15)12-8-3-2-4-9(7-8)13-6-5-11-10(13)16/h2-7,12H,1H3,(H,11,16). The van der Waals surface area contributed by atoms with Gasteiger partial charge in [-0.2, -0.15) is 0 Å². The number of hydrogen-bond donors (Lipinski definition) is 2. The van der Waals surface area contributed by atoms with Crippen molar-refractivity contribution in [3.63, 3.8) is 0 Å². The number of nitrogens with zero attached hydrogens (tertiary/aromatic N) is 2. The van der Waals surface area contributed by atoms with Gasteiger partial charge in [0.25, 0.3) is 0 Å². The molecule has 0 amide bonds. The van der Waals surface area contributed by atoms with Crippen LogP contribution in [0.25, 0.3) is 5.69 Å². The molecule has 2 rings (SSSR count). The van der Waals surface area contributed by atoms with E-state index in [9.17, 15) is 8.42 Å². The fourth-order valence-electron chi connectivity index (χ4n) is 1.43. The van der Waals surface area contributed by atoms with Crippen LogP contribution in [0.3, 0.4) is 0 Å². The largest absolute Gasteiger partial charge is 0.295 e. The molecule has 1 aromatic heterocycles. The Hall–Kier alpha value is -1.47. The molecule has 1 aromatic carbocycles. The maximum Gasteiger partial charge on any atom is 0.229 e. The third kappa shape index (κ3) is 3.01. The Morgan fingerprint density at radius 2 is 2.18 bits per heavy atom. The molecule has 1 N–H and O–H groups in total. The number of aromatic nitrogens is 2. The number of sulfonamides is 1. The fraction of sp³-hybridized carbons (Fsp3) is 0.100. The van der Waals surface area contributed by atoms with E-state index in [1.54, 1.807) is 35.2 Å². The monoisotopic (exact) mass is 269 g/mol. The van der Waals surface area contributed by atoms with Gasteiger partial charge in [-0.1, -0.05) is 6.07 Å².